The number of benzene rings is 1. The molecule has 0 bridgehead atoms. The second-order valence-electron chi connectivity index (χ2n) is 5.06. The van der Waals surface area contributed by atoms with Gasteiger partial charge in [0.05, 0.1) is 11.5 Å². The molecule has 110 valence electrons. The number of rotatable bonds is 2. The zero-order chi connectivity index (χ0) is 14.8. The van der Waals surface area contributed by atoms with E-state index >= 15 is 0 Å². The third-order valence-corrected chi connectivity index (χ3v) is 3.56. The first kappa shape index (κ1) is 14.8. The van der Waals surface area contributed by atoms with E-state index in [1.54, 1.807) is 0 Å². The second-order valence-corrected chi connectivity index (χ2v) is 5.06. The van der Waals surface area contributed by atoms with Gasteiger partial charge in [0, 0.05) is 11.7 Å². The molecule has 0 spiro atoms. The monoisotopic (exact) mass is 286 g/mol. The largest absolute Gasteiger partial charge is 0.416 e. The first-order valence-corrected chi connectivity index (χ1v) is 6.59. The molecule has 3 nitrogen and oxygen atoms in total. The van der Waals surface area contributed by atoms with Crippen LogP contribution in [0.4, 0.5) is 18.9 Å². The minimum atomic E-state index is -4.40. The first-order valence-electron chi connectivity index (χ1n) is 6.59. The van der Waals surface area contributed by atoms with Crippen molar-refractivity contribution in [2.45, 2.75) is 32.0 Å². The molecule has 2 unspecified atom stereocenters. The molecule has 1 saturated heterocycles. The summed E-state index contributed by atoms with van der Waals surface area (Å²) < 4.78 is 37.8. The lowest BCUT2D eigenvalue weighted by molar-refractivity contribution is -0.137. The number of halogens is 3. The second kappa shape index (κ2) is 5.83. The van der Waals surface area contributed by atoms with E-state index in [4.69, 9.17) is 0 Å². The van der Waals surface area contributed by atoms with Crippen LogP contribution in [-0.2, 0) is 11.0 Å². The highest BCUT2D eigenvalue weighted by Crippen LogP contribution is 2.31. The Morgan fingerprint density at radius 1 is 1.40 bits per heavy atom. The van der Waals surface area contributed by atoms with Gasteiger partial charge in [0.1, 0.15) is 0 Å². The molecular formula is C14H17F3N2O. The third kappa shape index (κ3) is 3.50. The van der Waals surface area contributed by atoms with E-state index in [2.05, 4.69) is 10.6 Å². The molecule has 0 saturated carbocycles. The highest BCUT2D eigenvalue weighted by Gasteiger charge is 2.31. The maximum atomic E-state index is 12.6. The molecule has 2 N–H and O–H groups in total. The van der Waals surface area contributed by atoms with Crippen molar-refractivity contribution < 1.29 is 18.0 Å². The number of hydrogen-bond acceptors (Lipinski definition) is 2. The van der Waals surface area contributed by atoms with Crippen molar-refractivity contribution in [1.82, 2.24) is 5.32 Å². The smallest absolute Gasteiger partial charge is 0.326 e. The molecule has 0 aromatic heterocycles. The minimum absolute atomic E-state index is 0.0366. The number of amides is 1. The standard InChI is InChI=1S/C14H17F3N2O/c1-9-12(6-3-7-18-9)13(20)19-11-5-2-4-10(8-11)14(15,16)17/h2,4-5,8-9,12,18H,3,6-7H2,1H3,(H,19,20). The molecule has 1 heterocycles. The van der Waals surface area contributed by atoms with Gasteiger partial charge in [-0.1, -0.05) is 6.07 Å². The van der Waals surface area contributed by atoms with Crippen molar-refractivity contribution in [3.63, 3.8) is 0 Å². The molecule has 1 fully saturated rings. The predicted molar refractivity (Wildman–Crippen MR) is 70.3 cm³/mol. The predicted octanol–water partition coefficient (Wildman–Crippen LogP) is 3.03. The highest BCUT2D eigenvalue weighted by molar-refractivity contribution is 5.93. The first-order chi connectivity index (χ1) is 9.38. The lowest BCUT2D eigenvalue weighted by Crippen LogP contribution is -2.44. The lowest BCUT2D eigenvalue weighted by atomic mass is 9.91. The summed E-state index contributed by atoms with van der Waals surface area (Å²) >= 11 is 0. The summed E-state index contributed by atoms with van der Waals surface area (Å²) in [4.78, 5) is 12.1. The molecule has 1 amide bonds. The Bertz CT molecular complexity index is 488. The molecule has 1 aromatic rings. The topological polar surface area (TPSA) is 41.1 Å². The Kier molecular flexibility index (Phi) is 4.32. The van der Waals surface area contributed by atoms with Crippen LogP contribution < -0.4 is 10.6 Å². The zero-order valence-corrected chi connectivity index (χ0v) is 11.1. The van der Waals surface area contributed by atoms with Crippen LogP contribution in [0, 0.1) is 5.92 Å². The summed E-state index contributed by atoms with van der Waals surface area (Å²) in [6.45, 7) is 2.78. The molecule has 20 heavy (non-hydrogen) atoms. The fraction of sp³-hybridized carbons (Fsp3) is 0.500. The fourth-order valence-corrected chi connectivity index (χ4v) is 2.41. The van der Waals surface area contributed by atoms with Crippen LogP contribution in [0.25, 0.3) is 0 Å². The lowest BCUT2D eigenvalue weighted by Gasteiger charge is -2.28. The van der Waals surface area contributed by atoms with Gasteiger partial charge in [-0.25, -0.2) is 0 Å². The number of carbonyl (C=O) groups is 1. The molecule has 1 aliphatic heterocycles. The van der Waals surface area contributed by atoms with E-state index in [1.807, 2.05) is 6.92 Å². The van der Waals surface area contributed by atoms with E-state index in [9.17, 15) is 18.0 Å². The third-order valence-electron chi connectivity index (χ3n) is 3.56. The number of carbonyl (C=O) groups excluding carboxylic acids is 1. The molecule has 1 aromatic carbocycles. The SMILES string of the molecule is CC1NCCCC1C(=O)Nc1cccc(C(F)(F)F)c1. The van der Waals surface area contributed by atoms with E-state index in [-0.39, 0.29) is 23.6 Å². The summed E-state index contributed by atoms with van der Waals surface area (Å²) in [5.41, 5.74) is -0.576. The zero-order valence-electron chi connectivity index (χ0n) is 11.1. The Morgan fingerprint density at radius 2 is 2.15 bits per heavy atom. The van der Waals surface area contributed by atoms with Gasteiger partial charge >= 0.3 is 6.18 Å². The van der Waals surface area contributed by atoms with Gasteiger partial charge in [-0.2, -0.15) is 13.2 Å². The quantitative estimate of drug-likeness (QED) is 0.877. The molecular weight excluding hydrogens is 269 g/mol. The van der Waals surface area contributed by atoms with Crippen molar-refractivity contribution in [3.8, 4) is 0 Å². The van der Waals surface area contributed by atoms with Gasteiger partial charge in [0.2, 0.25) is 5.91 Å². The van der Waals surface area contributed by atoms with Crippen LogP contribution in [-0.4, -0.2) is 18.5 Å². The maximum Gasteiger partial charge on any atom is 0.416 e. The molecule has 1 aliphatic rings. The van der Waals surface area contributed by atoms with Crippen molar-refractivity contribution in [2.24, 2.45) is 5.92 Å². The van der Waals surface area contributed by atoms with Crippen molar-refractivity contribution >= 4 is 11.6 Å². The maximum absolute atomic E-state index is 12.6. The van der Waals surface area contributed by atoms with E-state index in [0.717, 1.165) is 31.5 Å². The average Bonchev–Trinajstić information content (AvgIpc) is 2.38. The van der Waals surface area contributed by atoms with Crippen molar-refractivity contribution in [1.29, 1.82) is 0 Å². The summed E-state index contributed by atoms with van der Waals surface area (Å²) in [6.07, 6.45) is -2.76. The van der Waals surface area contributed by atoms with Gasteiger partial charge in [-0.3, -0.25) is 4.79 Å². The van der Waals surface area contributed by atoms with Gasteiger partial charge in [0.15, 0.2) is 0 Å². The van der Waals surface area contributed by atoms with Gasteiger partial charge in [-0.15, -0.1) is 0 Å². The minimum Gasteiger partial charge on any atom is -0.326 e. The fourth-order valence-electron chi connectivity index (χ4n) is 2.41. The Labute approximate surface area is 115 Å². The molecule has 2 atom stereocenters. The van der Waals surface area contributed by atoms with E-state index in [0.29, 0.717) is 0 Å². The molecule has 0 aliphatic carbocycles. The Morgan fingerprint density at radius 3 is 2.80 bits per heavy atom. The Hall–Kier alpha value is -1.56. The van der Waals surface area contributed by atoms with Gasteiger partial charge in [0.25, 0.3) is 0 Å². The number of anilines is 1. The van der Waals surface area contributed by atoms with E-state index < -0.39 is 11.7 Å². The summed E-state index contributed by atoms with van der Waals surface area (Å²) in [5, 5.41) is 5.77. The van der Waals surface area contributed by atoms with Crippen LogP contribution in [0.3, 0.4) is 0 Å². The van der Waals surface area contributed by atoms with E-state index in [1.165, 1.54) is 12.1 Å². The molecule has 0 radical (unpaired) electrons. The van der Waals surface area contributed by atoms with Crippen LogP contribution in [0.15, 0.2) is 24.3 Å². The number of nitrogens with one attached hydrogen (secondary N) is 2. The van der Waals surface area contributed by atoms with Crippen LogP contribution >= 0.6 is 0 Å². The van der Waals surface area contributed by atoms with Crippen LogP contribution in [0.5, 0.6) is 0 Å². The summed E-state index contributed by atoms with van der Waals surface area (Å²) in [7, 11) is 0. The number of alkyl halides is 3. The summed E-state index contributed by atoms with van der Waals surface area (Å²) in [6, 6.07) is 4.74. The molecule has 6 heteroatoms. The number of piperidine rings is 1. The Balaban J connectivity index is 2.08. The van der Waals surface area contributed by atoms with Crippen LogP contribution in [0.1, 0.15) is 25.3 Å². The van der Waals surface area contributed by atoms with Crippen molar-refractivity contribution in [3.05, 3.63) is 29.8 Å². The van der Waals surface area contributed by atoms with Crippen LogP contribution in [0.2, 0.25) is 0 Å². The highest BCUT2D eigenvalue weighted by atomic mass is 19.4. The summed E-state index contributed by atoms with van der Waals surface area (Å²) in [5.74, 6) is -0.442. The van der Waals surface area contributed by atoms with Gasteiger partial charge < -0.3 is 10.6 Å². The molecule has 2 rings (SSSR count). The normalized spacial score (nSPS) is 23.4. The van der Waals surface area contributed by atoms with Gasteiger partial charge in [-0.05, 0) is 44.5 Å². The number of hydrogen-bond donors (Lipinski definition) is 2. The average molecular weight is 286 g/mol. The van der Waals surface area contributed by atoms with Crippen molar-refractivity contribution in [2.75, 3.05) is 11.9 Å².